The van der Waals surface area contributed by atoms with Crippen LogP contribution in [0.4, 0.5) is 0 Å². The van der Waals surface area contributed by atoms with Gasteiger partial charge < -0.3 is 10.4 Å². The van der Waals surface area contributed by atoms with Crippen molar-refractivity contribution in [1.82, 2.24) is 5.32 Å². The topological polar surface area (TPSA) is 49.3 Å². The SMILES string of the molecule is O=C(CCc1ccccc1Cl)NC1CCCCC1O. The van der Waals surface area contributed by atoms with Gasteiger partial charge in [0.15, 0.2) is 0 Å². The highest BCUT2D eigenvalue weighted by Gasteiger charge is 2.24. The van der Waals surface area contributed by atoms with Gasteiger partial charge in [-0.3, -0.25) is 4.79 Å². The van der Waals surface area contributed by atoms with Crippen LogP contribution < -0.4 is 5.32 Å². The number of rotatable bonds is 4. The molecular weight excluding hydrogens is 262 g/mol. The maximum Gasteiger partial charge on any atom is 0.220 e. The Labute approximate surface area is 119 Å². The van der Waals surface area contributed by atoms with Crippen LogP contribution in [0.3, 0.4) is 0 Å². The first kappa shape index (κ1) is 14.4. The number of carbonyl (C=O) groups excluding carboxylic acids is 1. The summed E-state index contributed by atoms with van der Waals surface area (Å²) in [6.45, 7) is 0. The highest BCUT2D eigenvalue weighted by molar-refractivity contribution is 6.31. The summed E-state index contributed by atoms with van der Waals surface area (Å²) in [5, 5.41) is 13.4. The normalized spacial score (nSPS) is 23.1. The lowest BCUT2D eigenvalue weighted by molar-refractivity contribution is -0.123. The Morgan fingerprint density at radius 3 is 2.79 bits per heavy atom. The lowest BCUT2D eigenvalue weighted by Gasteiger charge is -2.28. The third kappa shape index (κ3) is 4.22. The first-order valence-electron chi connectivity index (χ1n) is 6.87. The molecule has 0 aromatic heterocycles. The Morgan fingerprint density at radius 1 is 1.32 bits per heavy atom. The van der Waals surface area contributed by atoms with Gasteiger partial charge in [-0.15, -0.1) is 0 Å². The van der Waals surface area contributed by atoms with Gasteiger partial charge in [-0.05, 0) is 30.9 Å². The molecule has 1 amide bonds. The molecule has 1 fully saturated rings. The van der Waals surface area contributed by atoms with Crippen LogP contribution in [0.5, 0.6) is 0 Å². The van der Waals surface area contributed by atoms with E-state index >= 15 is 0 Å². The van der Waals surface area contributed by atoms with Crippen molar-refractivity contribution in [3.8, 4) is 0 Å². The average Bonchev–Trinajstić information content (AvgIpc) is 2.40. The standard InChI is InChI=1S/C15H20ClNO2/c16-12-6-2-1-5-11(12)9-10-15(19)17-13-7-3-4-8-14(13)18/h1-2,5-6,13-14,18H,3-4,7-10H2,(H,17,19). The molecule has 3 nitrogen and oxygen atoms in total. The number of aryl methyl sites for hydroxylation is 1. The minimum absolute atomic E-state index is 0.00845. The van der Waals surface area contributed by atoms with E-state index in [0.29, 0.717) is 17.9 Å². The maximum atomic E-state index is 11.9. The lowest BCUT2D eigenvalue weighted by Crippen LogP contribution is -2.45. The van der Waals surface area contributed by atoms with Crippen LogP contribution in [0, 0.1) is 0 Å². The number of aliphatic hydroxyl groups is 1. The van der Waals surface area contributed by atoms with Gasteiger partial charge in [0, 0.05) is 11.4 Å². The van der Waals surface area contributed by atoms with Crippen molar-refractivity contribution in [3.63, 3.8) is 0 Å². The molecule has 0 spiro atoms. The summed E-state index contributed by atoms with van der Waals surface area (Å²) >= 11 is 6.05. The molecular formula is C15H20ClNO2. The number of carbonyl (C=O) groups is 1. The third-order valence-electron chi connectivity index (χ3n) is 3.66. The molecule has 1 saturated carbocycles. The van der Waals surface area contributed by atoms with Gasteiger partial charge in [0.25, 0.3) is 0 Å². The smallest absolute Gasteiger partial charge is 0.220 e. The van der Waals surface area contributed by atoms with Crippen LogP contribution >= 0.6 is 11.6 Å². The Morgan fingerprint density at radius 2 is 2.05 bits per heavy atom. The van der Waals surface area contributed by atoms with Crippen LogP contribution in [0.25, 0.3) is 0 Å². The molecule has 0 bridgehead atoms. The minimum Gasteiger partial charge on any atom is -0.391 e. The quantitative estimate of drug-likeness (QED) is 0.891. The highest BCUT2D eigenvalue weighted by Crippen LogP contribution is 2.19. The van der Waals surface area contributed by atoms with Crippen molar-refractivity contribution in [3.05, 3.63) is 34.9 Å². The second-order valence-corrected chi connectivity index (χ2v) is 5.52. The van der Waals surface area contributed by atoms with Crippen LogP contribution in [-0.2, 0) is 11.2 Å². The fourth-order valence-corrected chi connectivity index (χ4v) is 2.74. The number of hydrogen-bond acceptors (Lipinski definition) is 2. The van der Waals surface area contributed by atoms with E-state index in [-0.39, 0.29) is 11.9 Å². The Kier molecular flexibility index (Phi) is 5.23. The second-order valence-electron chi connectivity index (χ2n) is 5.12. The summed E-state index contributed by atoms with van der Waals surface area (Å²) in [5.41, 5.74) is 0.989. The van der Waals surface area contributed by atoms with Crippen molar-refractivity contribution in [2.75, 3.05) is 0 Å². The van der Waals surface area contributed by atoms with Gasteiger partial charge in [0.05, 0.1) is 12.1 Å². The maximum absolute atomic E-state index is 11.9. The van der Waals surface area contributed by atoms with E-state index in [2.05, 4.69) is 5.32 Å². The number of hydrogen-bond donors (Lipinski definition) is 2. The van der Waals surface area contributed by atoms with E-state index in [9.17, 15) is 9.90 Å². The van der Waals surface area contributed by atoms with Crippen LogP contribution in [0.15, 0.2) is 24.3 Å². The number of nitrogens with one attached hydrogen (secondary N) is 1. The second kappa shape index (κ2) is 6.92. The molecule has 19 heavy (non-hydrogen) atoms. The van der Waals surface area contributed by atoms with Crippen LogP contribution in [0.1, 0.15) is 37.7 Å². The van der Waals surface area contributed by atoms with E-state index in [1.165, 1.54) is 0 Å². The van der Waals surface area contributed by atoms with E-state index < -0.39 is 6.10 Å². The van der Waals surface area contributed by atoms with E-state index in [0.717, 1.165) is 31.2 Å². The molecule has 0 heterocycles. The first-order valence-corrected chi connectivity index (χ1v) is 7.25. The van der Waals surface area contributed by atoms with Crippen LogP contribution in [-0.4, -0.2) is 23.2 Å². The fraction of sp³-hybridized carbons (Fsp3) is 0.533. The first-order chi connectivity index (χ1) is 9.16. The molecule has 0 saturated heterocycles. The average molecular weight is 282 g/mol. The van der Waals surface area contributed by atoms with Gasteiger partial charge in [-0.2, -0.15) is 0 Å². The van der Waals surface area contributed by atoms with Gasteiger partial charge in [0.2, 0.25) is 5.91 Å². The summed E-state index contributed by atoms with van der Waals surface area (Å²) in [5.74, 6) is -0.00845. The van der Waals surface area contributed by atoms with Gasteiger partial charge >= 0.3 is 0 Å². The molecule has 2 unspecified atom stereocenters. The Hall–Kier alpha value is -1.06. The van der Waals surface area contributed by atoms with Crippen molar-refractivity contribution in [2.45, 2.75) is 50.7 Å². The molecule has 1 aliphatic carbocycles. The summed E-state index contributed by atoms with van der Waals surface area (Å²) in [4.78, 5) is 11.9. The molecule has 1 aromatic rings. The molecule has 104 valence electrons. The van der Waals surface area contributed by atoms with Crippen molar-refractivity contribution < 1.29 is 9.90 Å². The molecule has 1 aromatic carbocycles. The summed E-state index contributed by atoms with van der Waals surface area (Å²) in [7, 11) is 0. The van der Waals surface area contributed by atoms with Gasteiger partial charge in [-0.1, -0.05) is 42.6 Å². The van der Waals surface area contributed by atoms with E-state index in [1.54, 1.807) is 0 Å². The summed E-state index contributed by atoms with van der Waals surface area (Å²) < 4.78 is 0. The zero-order chi connectivity index (χ0) is 13.7. The number of amides is 1. The third-order valence-corrected chi connectivity index (χ3v) is 4.02. The van der Waals surface area contributed by atoms with Crippen LogP contribution in [0.2, 0.25) is 5.02 Å². The predicted molar refractivity (Wildman–Crippen MR) is 76.2 cm³/mol. The highest BCUT2D eigenvalue weighted by atomic mass is 35.5. The predicted octanol–water partition coefficient (Wildman–Crippen LogP) is 2.69. The molecule has 2 atom stereocenters. The van der Waals surface area contributed by atoms with E-state index in [4.69, 9.17) is 11.6 Å². The number of benzene rings is 1. The summed E-state index contributed by atoms with van der Waals surface area (Å²) in [6.07, 6.45) is 4.44. The van der Waals surface area contributed by atoms with Gasteiger partial charge in [0.1, 0.15) is 0 Å². The van der Waals surface area contributed by atoms with Gasteiger partial charge in [-0.25, -0.2) is 0 Å². The molecule has 1 aliphatic rings. The molecule has 4 heteroatoms. The Bertz CT molecular complexity index is 436. The molecule has 0 aliphatic heterocycles. The molecule has 2 N–H and O–H groups in total. The monoisotopic (exact) mass is 281 g/mol. The zero-order valence-corrected chi connectivity index (χ0v) is 11.7. The molecule has 2 rings (SSSR count). The fourth-order valence-electron chi connectivity index (χ4n) is 2.51. The molecule has 0 radical (unpaired) electrons. The van der Waals surface area contributed by atoms with Crippen molar-refractivity contribution in [1.29, 1.82) is 0 Å². The number of aliphatic hydroxyl groups excluding tert-OH is 1. The largest absolute Gasteiger partial charge is 0.391 e. The zero-order valence-electron chi connectivity index (χ0n) is 10.9. The number of halogens is 1. The van der Waals surface area contributed by atoms with Crippen molar-refractivity contribution in [2.24, 2.45) is 0 Å². The van der Waals surface area contributed by atoms with Crippen molar-refractivity contribution >= 4 is 17.5 Å². The summed E-state index contributed by atoms with van der Waals surface area (Å²) in [6, 6.07) is 7.49. The Balaban J connectivity index is 1.80. The van der Waals surface area contributed by atoms with E-state index in [1.807, 2.05) is 24.3 Å². The minimum atomic E-state index is -0.391. The lowest BCUT2D eigenvalue weighted by atomic mass is 9.92.